The molecule has 5 heteroatoms. The Labute approximate surface area is 195 Å². The Kier molecular flexibility index (Phi) is 7.10. The lowest BCUT2D eigenvalue weighted by Gasteiger charge is -2.10. The van der Waals surface area contributed by atoms with Gasteiger partial charge in [0.1, 0.15) is 5.75 Å². The molecule has 4 aromatic carbocycles. The van der Waals surface area contributed by atoms with Crippen molar-refractivity contribution in [3.05, 3.63) is 119 Å². The smallest absolute Gasteiger partial charge is 0.277 e. The van der Waals surface area contributed by atoms with Crippen LogP contribution in [0.3, 0.4) is 0 Å². The largest absolute Gasteiger partial charge is 0.483 e. The molecule has 0 aromatic heterocycles. The van der Waals surface area contributed by atoms with E-state index in [1.165, 1.54) is 0 Å². The second kappa shape index (κ2) is 10.6. The third-order valence-electron chi connectivity index (χ3n) is 4.79. The number of rotatable bonds is 7. The Bertz CT molecular complexity index is 1270. The van der Waals surface area contributed by atoms with E-state index in [2.05, 4.69) is 26.5 Å². The first-order valence-electron chi connectivity index (χ1n) is 10.2. The maximum absolute atomic E-state index is 12.4. The van der Waals surface area contributed by atoms with E-state index < -0.39 is 0 Å². The fraction of sp³-hybridized carbons (Fsp3) is 0.0370. The van der Waals surface area contributed by atoms with Crippen LogP contribution in [0, 0.1) is 0 Å². The summed E-state index contributed by atoms with van der Waals surface area (Å²) in [7, 11) is 0. The normalized spacial score (nSPS) is 11.6. The quantitative estimate of drug-likeness (QED) is 0.250. The van der Waals surface area contributed by atoms with Crippen LogP contribution in [0.5, 0.6) is 5.75 Å². The van der Waals surface area contributed by atoms with Crippen molar-refractivity contribution in [3.63, 3.8) is 0 Å². The van der Waals surface area contributed by atoms with Gasteiger partial charge in [-0.1, -0.05) is 97.1 Å². The van der Waals surface area contributed by atoms with Crippen molar-refractivity contribution < 1.29 is 9.53 Å². The SMILES string of the molecule is O=C(COc1ccc2ccccc2c1Br)N/N=C(/C=C/c1ccccc1)c1ccccc1. The standard InChI is InChI=1S/C27H21BrN2O2/c28-27-23-14-8-7-11-21(23)16-18-25(27)32-19-26(31)30-29-24(22-12-5-2-6-13-22)17-15-20-9-3-1-4-10-20/h1-18H,19H2,(H,30,31)/b17-15+,29-24-. The number of hydrogen-bond acceptors (Lipinski definition) is 3. The molecule has 0 aliphatic rings. The molecule has 158 valence electrons. The highest BCUT2D eigenvalue weighted by molar-refractivity contribution is 9.10. The van der Waals surface area contributed by atoms with Crippen molar-refractivity contribution in [3.8, 4) is 5.75 Å². The summed E-state index contributed by atoms with van der Waals surface area (Å²) < 4.78 is 6.55. The molecular formula is C27H21BrN2O2. The number of carbonyl (C=O) groups is 1. The fourth-order valence-electron chi connectivity index (χ4n) is 3.17. The van der Waals surface area contributed by atoms with Crippen molar-refractivity contribution in [2.24, 2.45) is 5.10 Å². The molecule has 0 atom stereocenters. The first-order chi connectivity index (χ1) is 15.7. The summed E-state index contributed by atoms with van der Waals surface area (Å²) in [6.45, 7) is -0.148. The predicted molar refractivity (Wildman–Crippen MR) is 134 cm³/mol. The number of fused-ring (bicyclic) bond motifs is 1. The maximum Gasteiger partial charge on any atom is 0.277 e. The van der Waals surface area contributed by atoms with Crippen molar-refractivity contribution in [1.29, 1.82) is 0 Å². The molecule has 0 radical (unpaired) electrons. The lowest BCUT2D eigenvalue weighted by atomic mass is 10.1. The minimum Gasteiger partial charge on any atom is -0.483 e. The highest BCUT2D eigenvalue weighted by Gasteiger charge is 2.09. The molecule has 0 saturated heterocycles. The minimum absolute atomic E-state index is 0.148. The zero-order valence-electron chi connectivity index (χ0n) is 17.2. The van der Waals surface area contributed by atoms with Gasteiger partial charge in [-0.3, -0.25) is 4.79 Å². The van der Waals surface area contributed by atoms with Gasteiger partial charge in [0.2, 0.25) is 0 Å². The first kappa shape index (κ1) is 21.5. The van der Waals surface area contributed by atoms with Crippen LogP contribution in [-0.4, -0.2) is 18.2 Å². The topological polar surface area (TPSA) is 50.7 Å². The highest BCUT2D eigenvalue weighted by atomic mass is 79.9. The van der Waals surface area contributed by atoms with Crippen LogP contribution < -0.4 is 10.2 Å². The van der Waals surface area contributed by atoms with Gasteiger partial charge in [0.15, 0.2) is 6.61 Å². The summed E-state index contributed by atoms with van der Waals surface area (Å²) in [5.41, 5.74) is 5.20. The first-order valence-corrected chi connectivity index (χ1v) is 10.9. The van der Waals surface area contributed by atoms with Crippen LogP contribution in [0.15, 0.2) is 113 Å². The van der Waals surface area contributed by atoms with Crippen LogP contribution in [0.4, 0.5) is 0 Å². The van der Waals surface area contributed by atoms with E-state index in [9.17, 15) is 4.79 Å². The predicted octanol–water partition coefficient (Wildman–Crippen LogP) is 6.22. The molecule has 0 aliphatic heterocycles. The van der Waals surface area contributed by atoms with Gasteiger partial charge in [-0.05, 0) is 44.4 Å². The average Bonchev–Trinajstić information content (AvgIpc) is 2.85. The van der Waals surface area contributed by atoms with Gasteiger partial charge in [-0.2, -0.15) is 5.10 Å². The van der Waals surface area contributed by atoms with E-state index >= 15 is 0 Å². The third kappa shape index (κ3) is 5.50. The van der Waals surface area contributed by atoms with Gasteiger partial charge in [0.05, 0.1) is 10.2 Å². The number of amides is 1. The van der Waals surface area contributed by atoms with Gasteiger partial charge in [0.25, 0.3) is 5.91 Å². The van der Waals surface area contributed by atoms with Gasteiger partial charge >= 0.3 is 0 Å². The summed E-state index contributed by atoms with van der Waals surface area (Å²) in [6, 6.07) is 31.4. The lowest BCUT2D eigenvalue weighted by molar-refractivity contribution is -0.123. The molecular weight excluding hydrogens is 464 g/mol. The average molecular weight is 485 g/mol. The summed E-state index contributed by atoms with van der Waals surface area (Å²) in [5, 5.41) is 6.46. The van der Waals surface area contributed by atoms with E-state index in [4.69, 9.17) is 4.74 Å². The zero-order chi connectivity index (χ0) is 22.2. The molecule has 0 fully saturated rings. The van der Waals surface area contributed by atoms with E-state index in [-0.39, 0.29) is 12.5 Å². The van der Waals surface area contributed by atoms with E-state index in [0.717, 1.165) is 26.4 Å². The number of nitrogens with one attached hydrogen (secondary N) is 1. The summed E-state index contributed by atoms with van der Waals surface area (Å²) in [6.07, 6.45) is 3.84. The molecule has 32 heavy (non-hydrogen) atoms. The summed E-state index contributed by atoms with van der Waals surface area (Å²) in [5.74, 6) is 0.265. The van der Waals surface area contributed by atoms with E-state index in [1.807, 2.05) is 109 Å². The number of allylic oxidation sites excluding steroid dienone is 1. The van der Waals surface area contributed by atoms with Gasteiger partial charge in [-0.25, -0.2) is 5.43 Å². The number of benzene rings is 4. The molecule has 0 saturated carbocycles. The molecule has 4 rings (SSSR count). The Morgan fingerprint density at radius 3 is 2.34 bits per heavy atom. The fourth-order valence-corrected chi connectivity index (χ4v) is 3.78. The molecule has 4 nitrogen and oxygen atoms in total. The molecule has 1 amide bonds. The minimum atomic E-state index is -0.341. The second-order valence-corrected chi connectivity index (χ2v) is 7.82. The molecule has 1 N–H and O–H groups in total. The van der Waals surface area contributed by atoms with Crippen molar-refractivity contribution in [2.75, 3.05) is 6.61 Å². The molecule has 0 aliphatic carbocycles. The van der Waals surface area contributed by atoms with Crippen LogP contribution in [-0.2, 0) is 4.79 Å². The molecule has 4 aromatic rings. The summed E-state index contributed by atoms with van der Waals surface area (Å²) >= 11 is 3.57. The summed E-state index contributed by atoms with van der Waals surface area (Å²) in [4.78, 5) is 12.4. The number of halogens is 1. The third-order valence-corrected chi connectivity index (χ3v) is 5.61. The lowest BCUT2D eigenvalue weighted by Crippen LogP contribution is -2.25. The van der Waals surface area contributed by atoms with Crippen molar-refractivity contribution >= 4 is 44.4 Å². The second-order valence-electron chi connectivity index (χ2n) is 7.03. The van der Waals surface area contributed by atoms with Gasteiger partial charge in [0, 0.05) is 5.56 Å². The van der Waals surface area contributed by atoms with Crippen LogP contribution >= 0.6 is 15.9 Å². The highest BCUT2D eigenvalue weighted by Crippen LogP contribution is 2.32. The number of hydrogen-bond donors (Lipinski definition) is 1. The molecule has 0 spiro atoms. The monoisotopic (exact) mass is 484 g/mol. The molecule has 0 heterocycles. The van der Waals surface area contributed by atoms with Crippen LogP contribution in [0.2, 0.25) is 0 Å². The Balaban J connectivity index is 1.46. The molecule has 0 bridgehead atoms. The van der Waals surface area contributed by atoms with Crippen molar-refractivity contribution in [1.82, 2.24) is 5.43 Å². The van der Waals surface area contributed by atoms with Gasteiger partial charge < -0.3 is 4.74 Å². The Morgan fingerprint density at radius 2 is 1.56 bits per heavy atom. The number of carbonyl (C=O) groups excluding carboxylic acids is 1. The number of nitrogens with zero attached hydrogens (tertiary/aromatic N) is 1. The number of ether oxygens (including phenoxy) is 1. The van der Waals surface area contributed by atoms with Gasteiger partial charge in [-0.15, -0.1) is 0 Å². The van der Waals surface area contributed by atoms with Crippen LogP contribution in [0.25, 0.3) is 16.8 Å². The number of hydrazone groups is 1. The van der Waals surface area contributed by atoms with Crippen LogP contribution in [0.1, 0.15) is 11.1 Å². The maximum atomic E-state index is 12.4. The van der Waals surface area contributed by atoms with Crippen molar-refractivity contribution in [2.45, 2.75) is 0 Å². The Hall–Kier alpha value is -3.70. The van der Waals surface area contributed by atoms with E-state index in [1.54, 1.807) is 0 Å². The molecule has 0 unspecified atom stereocenters. The zero-order valence-corrected chi connectivity index (χ0v) is 18.8. The van der Waals surface area contributed by atoms with E-state index in [0.29, 0.717) is 11.5 Å². The Morgan fingerprint density at radius 1 is 0.875 bits per heavy atom.